The lowest BCUT2D eigenvalue weighted by Gasteiger charge is -2.17. The van der Waals surface area contributed by atoms with E-state index in [1.165, 1.54) is 32.1 Å². The zero-order valence-corrected chi connectivity index (χ0v) is 12.7. The van der Waals surface area contributed by atoms with Crippen LogP contribution < -0.4 is 11.1 Å². The number of ether oxygens (including phenoxy) is 1. The number of nitrogens with one attached hydrogen (secondary N) is 1. The van der Waals surface area contributed by atoms with Gasteiger partial charge in [-0.1, -0.05) is 39.5 Å². The van der Waals surface area contributed by atoms with Crippen LogP contribution in [0.3, 0.4) is 0 Å². The zero-order valence-electron chi connectivity index (χ0n) is 12.7. The maximum Gasteiger partial charge on any atom is 0.0615 e. The van der Waals surface area contributed by atoms with Crippen molar-refractivity contribution >= 4 is 0 Å². The second kappa shape index (κ2) is 13.3. The van der Waals surface area contributed by atoms with Crippen molar-refractivity contribution in [3.63, 3.8) is 0 Å². The number of nitrogens with two attached hydrogens (primary N) is 1. The Kier molecular flexibility index (Phi) is 13.2. The Morgan fingerprint density at radius 1 is 1.00 bits per heavy atom. The van der Waals surface area contributed by atoms with E-state index in [9.17, 15) is 0 Å². The van der Waals surface area contributed by atoms with E-state index in [-0.39, 0.29) is 0 Å². The molecule has 0 heterocycles. The van der Waals surface area contributed by atoms with Gasteiger partial charge in [0.15, 0.2) is 0 Å². The molecule has 0 aromatic carbocycles. The molecule has 0 aromatic heterocycles. The smallest absolute Gasteiger partial charge is 0.0615 e. The van der Waals surface area contributed by atoms with Gasteiger partial charge in [0.05, 0.1) is 6.61 Å². The summed E-state index contributed by atoms with van der Waals surface area (Å²) in [5.41, 5.74) is 5.54. The van der Waals surface area contributed by atoms with Gasteiger partial charge in [0.1, 0.15) is 0 Å². The minimum Gasteiger partial charge on any atom is -0.383 e. The van der Waals surface area contributed by atoms with Crippen LogP contribution in [-0.4, -0.2) is 32.8 Å². The molecule has 18 heavy (non-hydrogen) atoms. The highest BCUT2D eigenvalue weighted by Gasteiger charge is 2.06. The Morgan fingerprint density at radius 3 is 2.33 bits per heavy atom. The molecule has 0 bridgehead atoms. The highest BCUT2D eigenvalue weighted by Crippen LogP contribution is 2.09. The fraction of sp³-hybridized carbons (Fsp3) is 1.00. The van der Waals surface area contributed by atoms with Crippen molar-refractivity contribution in [3.05, 3.63) is 0 Å². The molecule has 3 heteroatoms. The summed E-state index contributed by atoms with van der Waals surface area (Å²) in [4.78, 5) is 0. The quantitative estimate of drug-likeness (QED) is 0.499. The molecule has 0 radical (unpaired) electrons. The topological polar surface area (TPSA) is 47.3 Å². The molecule has 0 fully saturated rings. The number of methoxy groups -OCH3 is 1. The Morgan fingerprint density at radius 2 is 1.72 bits per heavy atom. The maximum absolute atomic E-state index is 5.54. The summed E-state index contributed by atoms with van der Waals surface area (Å²) in [6.07, 6.45) is 8.95. The molecule has 3 N–H and O–H groups in total. The highest BCUT2D eigenvalue weighted by atomic mass is 16.5. The van der Waals surface area contributed by atoms with Gasteiger partial charge in [-0.3, -0.25) is 0 Å². The first kappa shape index (κ1) is 17.9. The van der Waals surface area contributed by atoms with Crippen LogP contribution in [0.2, 0.25) is 0 Å². The van der Waals surface area contributed by atoms with Crippen LogP contribution in [-0.2, 0) is 4.74 Å². The maximum atomic E-state index is 5.54. The van der Waals surface area contributed by atoms with Crippen LogP contribution in [0, 0.1) is 5.92 Å². The van der Waals surface area contributed by atoms with Crippen LogP contribution >= 0.6 is 0 Å². The van der Waals surface area contributed by atoms with Gasteiger partial charge < -0.3 is 15.8 Å². The summed E-state index contributed by atoms with van der Waals surface area (Å²) in [5.74, 6) is 0.852. The zero-order chi connectivity index (χ0) is 13.6. The van der Waals surface area contributed by atoms with E-state index < -0.39 is 0 Å². The molecule has 0 saturated heterocycles. The van der Waals surface area contributed by atoms with E-state index in [2.05, 4.69) is 19.2 Å². The molecule has 1 unspecified atom stereocenters. The second-order valence-corrected chi connectivity index (χ2v) is 5.63. The molecule has 0 amide bonds. The standard InChI is InChI=1S/C15H34N2O/c1-14(2)9-6-4-5-7-12-17-15(13-18-3)10-8-11-16/h14-15,17H,4-13,16H2,1-3H3. The predicted octanol–water partition coefficient (Wildman–Crippen LogP) is 2.94. The predicted molar refractivity (Wildman–Crippen MR) is 79.9 cm³/mol. The monoisotopic (exact) mass is 258 g/mol. The fourth-order valence-corrected chi connectivity index (χ4v) is 2.15. The molecule has 0 saturated carbocycles. The summed E-state index contributed by atoms with van der Waals surface area (Å²) in [5, 5.41) is 3.57. The molecule has 110 valence electrons. The van der Waals surface area contributed by atoms with Crippen molar-refractivity contribution < 1.29 is 4.74 Å². The van der Waals surface area contributed by atoms with Gasteiger partial charge in [-0.2, -0.15) is 0 Å². The van der Waals surface area contributed by atoms with Gasteiger partial charge in [-0.25, -0.2) is 0 Å². The third-order valence-electron chi connectivity index (χ3n) is 3.27. The molecular weight excluding hydrogens is 224 g/mol. The summed E-state index contributed by atoms with van der Waals surface area (Å²) < 4.78 is 5.22. The van der Waals surface area contributed by atoms with E-state index in [0.29, 0.717) is 6.04 Å². The number of rotatable bonds is 13. The fourth-order valence-electron chi connectivity index (χ4n) is 2.15. The summed E-state index contributed by atoms with van der Waals surface area (Å²) >= 11 is 0. The van der Waals surface area contributed by atoms with E-state index in [0.717, 1.165) is 38.5 Å². The summed E-state index contributed by atoms with van der Waals surface area (Å²) in [6, 6.07) is 0.481. The molecule has 0 aromatic rings. The lowest BCUT2D eigenvalue weighted by atomic mass is 10.0. The van der Waals surface area contributed by atoms with Gasteiger partial charge in [0.25, 0.3) is 0 Å². The van der Waals surface area contributed by atoms with Crippen LogP contribution in [0.5, 0.6) is 0 Å². The van der Waals surface area contributed by atoms with Gasteiger partial charge in [-0.05, 0) is 38.3 Å². The Bertz CT molecular complexity index is 163. The molecule has 0 aliphatic heterocycles. The van der Waals surface area contributed by atoms with Gasteiger partial charge in [0.2, 0.25) is 0 Å². The van der Waals surface area contributed by atoms with Crippen LogP contribution in [0.4, 0.5) is 0 Å². The molecule has 0 aliphatic rings. The average molecular weight is 258 g/mol. The number of unbranched alkanes of at least 4 members (excludes halogenated alkanes) is 3. The molecule has 0 spiro atoms. The Balaban J connectivity index is 3.37. The van der Waals surface area contributed by atoms with Crippen LogP contribution in [0.15, 0.2) is 0 Å². The minimum absolute atomic E-state index is 0.481. The van der Waals surface area contributed by atoms with Crippen molar-refractivity contribution in [2.75, 3.05) is 26.8 Å². The van der Waals surface area contributed by atoms with Crippen molar-refractivity contribution in [1.82, 2.24) is 5.32 Å². The average Bonchev–Trinajstić information content (AvgIpc) is 2.34. The Hall–Kier alpha value is -0.120. The molecular formula is C15H34N2O. The number of hydrogen-bond acceptors (Lipinski definition) is 3. The highest BCUT2D eigenvalue weighted by molar-refractivity contribution is 4.66. The van der Waals surface area contributed by atoms with Crippen molar-refractivity contribution in [2.45, 2.75) is 64.8 Å². The molecule has 0 rings (SSSR count). The van der Waals surface area contributed by atoms with Crippen molar-refractivity contribution in [2.24, 2.45) is 11.7 Å². The van der Waals surface area contributed by atoms with Gasteiger partial charge in [0, 0.05) is 13.2 Å². The summed E-state index contributed by atoms with van der Waals surface area (Å²) in [7, 11) is 1.77. The lowest BCUT2D eigenvalue weighted by Crippen LogP contribution is -2.34. The normalized spacial score (nSPS) is 13.2. The Labute approximate surface area is 114 Å². The van der Waals surface area contributed by atoms with Gasteiger partial charge >= 0.3 is 0 Å². The lowest BCUT2D eigenvalue weighted by molar-refractivity contribution is 0.161. The first-order valence-electron chi connectivity index (χ1n) is 7.63. The van der Waals surface area contributed by atoms with Crippen LogP contribution in [0.1, 0.15) is 58.8 Å². The minimum atomic E-state index is 0.481. The number of hydrogen-bond donors (Lipinski definition) is 2. The largest absolute Gasteiger partial charge is 0.383 e. The van der Waals surface area contributed by atoms with Gasteiger partial charge in [-0.15, -0.1) is 0 Å². The van der Waals surface area contributed by atoms with E-state index in [1.54, 1.807) is 7.11 Å². The van der Waals surface area contributed by atoms with E-state index >= 15 is 0 Å². The summed E-state index contributed by atoms with van der Waals surface area (Å²) in [6.45, 7) is 7.29. The third-order valence-corrected chi connectivity index (χ3v) is 3.27. The molecule has 1 atom stereocenters. The van der Waals surface area contributed by atoms with E-state index in [4.69, 9.17) is 10.5 Å². The van der Waals surface area contributed by atoms with Crippen molar-refractivity contribution in [3.8, 4) is 0 Å². The SMILES string of the molecule is COCC(CCCN)NCCCCCCC(C)C. The first-order chi connectivity index (χ1) is 8.70. The molecule has 3 nitrogen and oxygen atoms in total. The first-order valence-corrected chi connectivity index (χ1v) is 7.63. The second-order valence-electron chi connectivity index (χ2n) is 5.63. The van der Waals surface area contributed by atoms with Crippen LogP contribution in [0.25, 0.3) is 0 Å². The third kappa shape index (κ3) is 12.3. The van der Waals surface area contributed by atoms with E-state index in [1.807, 2.05) is 0 Å². The molecule has 0 aliphatic carbocycles. The van der Waals surface area contributed by atoms with Crippen molar-refractivity contribution in [1.29, 1.82) is 0 Å².